The summed E-state index contributed by atoms with van der Waals surface area (Å²) in [5.41, 5.74) is 7.49. The molecule has 2 heterocycles. The molecule has 0 fully saturated rings. The topological polar surface area (TPSA) is 84.7 Å². The molecule has 3 aromatic rings. The summed E-state index contributed by atoms with van der Waals surface area (Å²) in [4.78, 5) is 23.1. The van der Waals surface area contributed by atoms with E-state index < -0.39 is 0 Å². The van der Waals surface area contributed by atoms with Crippen molar-refractivity contribution in [1.29, 1.82) is 0 Å². The number of anilines is 1. The first kappa shape index (κ1) is 10.5. The summed E-state index contributed by atoms with van der Waals surface area (Å²) in [6.07, 6.45) is 0. The van der Waals surface area contributed by atoms with Gasteiger partial charge in [-0.2, -0.15) is 0 Å². The van der Waals surface area contributed by atoms with Crippen molar-refractivity contribution in [3.05, 3.63) is 52.8 Å². The fourth-order valence-corrected chi connectivity index (χ4v) is 1.78. The standard InChI is InChI=1S/C13H10N4O/c14-10-7-6-9-12(16-10)17-11(13(18)15-9)8-4-2-1-3-5-8/h1-7H,(H,15,18)(H2,14,16,17). The lowest BCUT2D eigenvalue weighted by Crippen LogP contribution is -2.12. The lowest BCUT2D eigenvalue weighted by Gasteiger charge is -2.02. The van der Waals surface area contributed by atoms with Gasteiger partial charge in [0.2, 0.25) is 0 Å². The van der Waals surface area contributed by atoms with E-state index in [-0.39, 0.29) is 5.56 Å². The molecule has 0 saturated heterocycles. The Kier molecular flexibility index (Phi) is 2.30. The highest BCUT2D eigenvalue weighted by Crippen LogP contribution is 2.14. The van der Waals surface area contributed by atoms with Crippen molar-refractivity contribution >= 4 is 17.0 Å². The van der Waals surface area contributed by atoms with Crippen LogP contribution in [0.5, 0.6) is 0 Å². The molecule has 5 nitrogen and oxygen atoms in total. The summed E-state index contributed by atoms with van der Waals surface area (Å²) in [7, 11) is 0. The zero-order valence-electron chi connectivity index (χ0n) is 9.42. The van der Waals surface area contributed by atoms with Gasteiger partial charge in [-0.25, -0.2) is 9.97 Å². The number of hydrogen-bond donors (Lipinski definition) is 2. The first-order valence-corrected chi connectivity index (χ1v) is 5.46. The molecule has 0 unspecified atom stereocenters. The third kappa shape index (κ3) is 1.71. The van der Waals surface area contributed by atoms with Crippen molar-refractivity contribution in [3.63, 3.8) is 0 Å². The first-order chi connectivity index (χ1) is 8.74. The average Bonchev–Trinajstić information content (AvgIpc) is 2.39. The Morgan fingerprint density at radius 1 is 1.00 bits per heavy atom. The fourth-order valence-electron chi connectivity index (χ4n) is 1.78. The summed E-state index contributed by atoms with van der Waals surface area (Å²) < 4.78 is 0. The molecule has 0 aliphatic heterocycles. The Morgan fingerprint density at radius 2 is 1.78 bits per heavy atom. The van der Waals surface area contributed by atoms with E-state index in [1.807, 2.05) is 30.3 Å². The second-order valence-electron chi connectivity index (χ2n) is 3.89. The van der Waals surface area contributed by atoms with E-state index in [2.05, 4.69) is 15.0 Å². The van der Waals surface area contributed by atoms with Crippen molar-refractivity contribution in [3.8, 4) is 11.3 Å². The minimum absolute atomic E-state index is 0.236. The molecule has 3 rings (SSSR count). The van der Waals surface area contributed by atoms with E-state index in [9.17, 15) is 4.79 Å². The molecule has 1 aromatic carbocycles. The van der Waals surface area contributed by atoms with Gasteiger partial charge in [0.1, 0.15) is 11.5 Å². The minimum atomic E-state index is -0.236. The second-order valence-corrected chi connectivity index (χ2v) is 3.89. The van der Waals surface area contributed by atoms with Crippen LogP contribution in [-0.2, 0) is 0 Å². The number of fused-ring (bicyclic) bond motifs is 1. The number of nitrogen functional groups attached to an aromatic ring is 1. The summed E-state index contributed by atoms with van der Waals surface area (Å²) in [6, 6.07) is 12.6. The number of aromatic nitrogens is 3. The van der Waals surface area contributed by atoms with E-state index in [1.54, 1.807) is 12.1 Å². The summed E-state index contributed by atoms with van der Waals surface area (Å²) in [5, 5.41) is 0. The molecule has 18 heavy (non-hydrogen) atoms. The third-order valence-electron chi connectivity index (χ3n) is 2.62. The van der Waals surface area contributed by atoms with Gasteiger partial charge in [0.05, 0.1) is 5.52 Å². The maximum atomic E-state index is 11.9. The SMILES string of the molecule is Nc1ccc2[nH]c(=O)c(-c3ccccc3)nc2n1. The van der Waals surface area contributed by atoms with E-state index >= 15 is 0 Å². The molecular formula is C13H10N4O. The molecule has 5 heteroatoms. The summed E-state index contributed by atoms with van der Waals surface area (Å²) in [5.74, 6) is 0.376. The van der Waals surface area contributed by atoms with Gasteiger partial charge in [0.15, 0.2) is 5.65 Å². The smallest absolute Gasteiger partial charge is 0.275 e. The first-order valence-electron chi connectivity index (χ1n) is 5.46. The number of benzene rings is 1. The van der Waals surface area contributed by atoms with Crippen LogP contribution in [0, 0.1) is 0 Å². The fraction of sp³-hybridized carbons (Fsp3) is 0. The molecule has 0 radical (unpaired) electrons. The van der Waals surface area contributed by atoms with Crippen LogP contribution >= 0.6 is 0 Å². The van der Waals surface area contributed by atoms with E-state index in [0.29, 0.717) is 22.7 Å². The molecule has 2 aromatic heterocycles. The monoisotopic (exact) mass is 238 g/mol. The van der Waals surface area contributed by atoms with Crippen LogP contribution < -0.4 is 11.3 Å². The molecule has 0 aliphatic rings. The lowest BCUT2D eigenvalue weighted by molar-refractivity contribution is 1.18. The van der Waals surface area contributed by atoms with Gasteiger partial charge in [-0.3, -0.25) is 4.79 Å². The number of nitrogens with two attached hydrogens (primary N) is 1. The Labute approximate surface area is 102 Å². The zero-order chi connectivity index (χ0) is 12.5. The Hall–Kier alpha value is -2.69. The van der Waals surface area contributed by atoms with E-state index in [1.165, 1.54) is 0 Å². The van der Waals surface area contributed by atoms with Crippen LogP contribution in [0.15, 0.2) is 47.3 Å². The summed E-state index contributed by atoms with van der Waals surface area (Å²) in [6.45, 7) is 0. The van der Waals surface area contributed by atoms with Crippen molar-refractivity contribution in [1.82, 2.24) is 15.0 Å². The highest BCUT2D eigenvalue weighted by atomic mass is 16.1. The predicted octanol–water partition coefficient (Wildman–Crippen LogP) is 1.57. The Balaban J connectivity index is 2.31. The maximum absolute atomic E-state index is 11.9. The number of aromatic amines is 1. The molecule has 88 valence electrons. The number of pyridine rings is 1. The molecule has 0 amide bonds. The molecule has 0 aliphatic carbocycles. The van der Waals surface area contributed by atoms with Gasteiger partial charge >= 0.3 is 0 Å². The maximum Gasteiger partial charge on any atom is 0.275 e. The molecule has 0 spiro atoms. The van der Waals surface area contributed by atoms with Gasteiger partial charge in [0.25, 0.3) is 5.56 Å². The number of rotatable bonds is 1. The molecule has 0 saturated carbocycles. The zero-order valence-corrected chi connectivity index (χ0v) is 9.42. The van der Waals surface area contributed by atoms with Crippen LogP contribution in [-0.4, -0.2) is 15.0 Å². The van der Waals surface area contributed by atoms with Gasteiger partial charge in [-0.15, -0.1) is 0 Å². The molecular weight excluding hydrogens is 228 g/mol. The quantitative estimate of drug-likeness (QED) is 0.673. The second kappa shape index (κ2) is 3.96. The van der Waals surface area contributed by atoms with Crippen LogP contribution in [0.2, 0.25) is 0 Å². The minimum Gasteiger partial charge on any atom is -0.384 e. The van der Waals surface area contributed by atoms with Crippen LogP contribution in [0.4, 0.5) is 5.82 Å². The van der Waals surface area contributed by atoms with E-state index in [4.69, 9.17) is 5.73 Å². The van der Waals surface area contributed by atoms with E-state index in [0.717, 1.165) is 5.56 Å². The number of H-pyrrole nitrogens is 1. The van der Waals surface area contributed by atoms with Gasteiger partial charge in [0, 0.05) is 5.56 Å². The third-order valence-corrected chi connectivity index (χ3v) is 2.62. The van der Waals surface area contributed by atoms with Gasteiger partial charge in [-0.1, -0.05) is 30.3 Å². The van der Waals surface area contributed by atoms with Crippen molar-refractivity contribution in [2.24, 2.45) is 0 Å². The molecule has 3 N–H and O–H groups in total. The highest BCUT2D eigenvalue weighted by molar-refractivity contribution is 5.74. The molecule has 0 bridgehead atoms. The normalized spacial score (nSPS) is 10.7. The van der Waals surface area contributed by atoms with Crippen LogP contribution in [0.1, 0.15) is 0 Å². The Bertz CT molecular complexity index is 765. The summed E-state index contributed by atoms with van der Waals surface area (Å²) >= 11 is 0. The molecule has 0 atom stereocenters. The van der Waals surface area contributed by atoms with Crippen molar-refractivity contribution < 1.29 is 0 Å². The number of nitrogens with one attached hydrogen (secondary N) is 1. The average molecular weight is 238 g/mol. The van der Waals surface area contributed by atoms with Gasteiger partial charge in [-0.05, 0) is 12.1 Å². The Morgan fingerprint density at radius 3 is 2.56 bits per heavy atom. The number of nitrogens with zero attached hydrogens (tertiary/aromatic N) is 2. The van der Waals surface area contributed by atoms with Gasteiger partial charge < -0.3 is 10.7 Å². The lowest BCUT2D eigenvalue weighted by atomic mass is 10.1. The number of hydrogen-bond acceptors (Lipinski definition) is 4. The largest absolute Gasteiger partial charge is 0.384 e. The van der Waals surface area contributed by atoms with Crippen LogP contribution in [0.25, 0.3) is 22.4 Å². The van der Waals surface area contributed by atoms with Crippen molar-refractivity contribution in [2.45, 2.75) is 0 Å². The predicted molar refractivity (Wildman–Crippen MR) is 70.0 cm³/mol. The highest BCUT2D eigenvalue weighted by Gasteiger charge is 2.07. The van der Waals surface area contributed by atoms with Crippen molar-refractivity contribution in [2.75, 3.05) is 5.73 Å². The van der Waals surface area contributed by atoms with Crippen LogP contribution in [0.3, 0.4) is 0 Å².